The second-order valence-corrected chi connectivity index (χ2v) is 8.02. The summed E-state index contributed by atoms with van der Waals surface area (Å²) in [5, 5.41) is 1.13. The number of rotatable bonds is 4. The summed E-state index contributed by atoms with van der Waals surface area (Å²) in [5.41, 5.74) is 4.37. The van der Waals surface area contributed by atoms with Crippen LogP contribution in [-0.4, -0.2) is 47.0 Å². The van der Waals surface area contributed by atoms with Gasteiger partial charge in [0, 0.05) is 49.6 Å². The number of hydrogen-bond donors (Lipinski definition) is 1. The molecule has 2 aromatic heterocycles. The Morgan fingerprint density at radius 2 is 2.04 bits per heavy atom. The van der Waals surface area contributed by atoms with Crippen molar-refractivity contribution in [3.63, 3.8) is 0 Å². The Labute approximate surface area is 166 Å². The quantitative estimate of drug-likeness (QED) is 0.754. The molecule has 0 bridgehead atoms. The van der Waals surface area contributed by atoms with Gasteiger partial charge in [-0.2, -0.15) is 0 Å². The molecule has 5 nitrogen and oxygen atoms in total. The first-order chi connectivity index (χ1) is 13.5. The van der Waals surface area contributed by atoms with Crippen molar-refractivity contribution in [3.05, 3.63) is 59.9 Å². The molecule has 1 unspecified atom stereocenters. The third-order valence-electron chi connectivity index (χ3n) is 6.06. The molecule has 0 radical (unpaired) electrons. The van der Waals surface area contributed by atoms with Gasteiger partial charge in [-0.15, -0.1) is 0 Å². The molecule has 5 heteroatoms. The summed E-state index contributed by atoms with van der Waals surface area (Å²) in [7, 11) is 2.14. The normalized spacial score (nSPS) is 19.8. The number of likely N-dealkylation sites (tertiary alicyclic amines) is 1. The average Bonchev–Trinajstić information content (AvgIpc) is 3.18. The van der Waals surface area contributed by atoms with E-state index in [1.807, 2.05) is 17.3 Å². The number of fused-ring (bicyclic) bond motifs is 1. The van der Waals surface area contributed by atoms with Crippen LogP contribution in [0.25, 0.3) is 11.0 Å². The van der Waals surface area contributed by atoms with E-state index in [2.05, 4.69) is 72.2 Å². The number of aromatic nitrogens is 2. The molecule has 0 spiro atoms. The summed E-state index contributed by atoms with van der Waals surface area (Å²) in [5.74, 6) is 0.742. The van der Waals surface area contributed by atoms with Crippen molar-refractivity contribution in [2.45, 2.75) is 32.7 Å². The Kier molecular flexibility index (Phi) is 5.07. The van der Waals surface area contributed by atoms with Crippen molar-refractivity contribution in [1.82, 2.24) is 14.9 Å². The van der Waals surface area contributed by atoms with Gasteiger partial charge in [-0.3, -0.25) is 4.79 Å². The van der Waals surface area contributed by atoms with E-state index in [4.69, 9.17) is 0 Å². The number of aryl methyl sites for hydroxylation is 1. The molecule has 0 aliphatic carbocycles. The predicted molar refractivity (Wildman–Crippen MR) is 114 cm³/mol. The number of carbonyl (C=O) groups excluding carboxylic acids is 1. The Morgan fingerprint density at radius 3 is 2.82 bits per heavy atom. The van der Waals surface area contributed by atoms with Crippen LogP contribution in [0.4, 0.5) is 5.69 Å². The SMILES string of the molecule is Cc1ccc(CC(=O)N2CC[C@@H](C)C(N(C)c3ccnc4[nH]ccc34)C2)cc1. The third kappa shape index (κ3) is 3.61. The van der Waals surface area contributed by atoms with E-state index >= 15 is 0 Å². The number of pyridine rings is 1. The summed E-state index contributed by atoms with van der Waals surface area (Å²) in [6, 6.07) is 12.7. The fraction of sp³-hybridized carbons (Fsp3) is 0.391. The van der Waals surface area contributed by atoms with Crippen LogP contribution >= 0.6 is 0 Å². The highest BCUT2D eigenvalue weighted by Crippen LogP contribution is 2.30. The number of amides is 1. The van der Waals surface area contributed by atoms with Crippen LogP contribution in [0.5, 0.6) is 0 Å². The Bertz CT molecular complexity index is 962. The van der Waals surface area contributed by atoms with Crippen LogP contribution in [-0.2, 0) is 11.2 Å². The van der Waals surface area contributed by atoms with Crippen molar-refractivity contribution >= 4 is 22.6 Å². The standard InChI is InChI=1S/C23H28N4O/c1-16-4-6-18(7-5-16)14-22(28)27-13-10-17(2)21(15-27)26(3)20-9-12-25-23-19(20)8-11-24-23/h4-9,11-12,17,21H,10,13-15H2,1-3H3,(H,24,25)/t17-,21?/m1/s1. The number of piperidine rings is 1. The van der Waals surface area contributed by atoms with Gasteiger partial charge >= 0.3 is 0 Å². The molecule has 1 fully saturated rings. The molecule has 2 atom stereocenters. The average molecular weight is 377 g/mol. The number of anilines is 1. The van der Waals surface area contributed by atoms with E-state index in [0.29, 0.717) is 12.3 Å². The largest absolute Gasteiger partial charge is 0.369 e. The molecule has 146 valence electrons. The zero-order valence-corrected chi connectivity index (χ0v) is 16.9. The number of likely N-dealkylation sites (N-methyl/N-ethyl adjacent to an activating group) is 1. The van der Waals surface area contributed by atoms with Crippen molar-refractivity contribution < 1.29 is 4.79 Å². The molecule has 3 heterocycles. The van der Waals surface area contributed by atoms with E-state index in [9.17, 15) is 4.79 Å². The van der Waals surface area contributed by atoms with Gasteiger partial charge in [-0.25, -0.2) is 4.98 Å². The monoisotopic (exact) mass is 376 g/mol. The molecule has 0 saturated carbocycles. The first-order valence-corrected chi connectivity index (χ1v) is 10.0. The maximum Gasteiger partial charge on any atom is 0.227 e. The molecule has 1 aromatic carbocycles. The number of H-pyrrole nitrogens is 1. The van der Waals surface area contributed by atoms with Gasteiger partial charge in [0.1, 0.15) is 5.65 Å². The number of nitrogens with one attached hydrogen (secondary N) is 1. The minimum atomic E-state index is 0.218. The highest BCUT2D eigenvalue weighted by atomic mass is 16.2. The summed E-state index contributed by atoms with van der Waals surface area (Å²) < 4.78 is 0. The molecule has 4 rings (SSSR count). The van der Waals surface area contributed by atoms with Crippen LogP contribution in [0.1, 0.15) is 24.5 Å². The molecule has 1 aliphatic heterocycles. The third-order valence-corrected chi connectivity index (χ3v) is 6.06. The number of nitrogens with zero attached hydrogens (tertiary/aromatic N) is 3. The van der Waals surface area contributed by atoms with Crippen molar-refractivity contribution in [3.8, 4) is 0 Å². The van der Waals surface area contributed by atoms with Crippen molar-refractivity contribution in [2.24, 2.45) is 5.92 Å². The Morgan fingerprint density at radius 1 is 1.25 bits per heavy atom. The van der Waals surface area contributed by atoms with E-state index in [0.717, 1.165) is 41.8 Å². The maximum absolute atomic E-state index is 12.9. The van der Waals surface area contributed by atoms with Crippen molar-refractivity contribution in [2.75, 3.05) is 25.0 Å². The van der Waals surface area contributed by atoms with Gasteiger partial charge < -0.3 is 14.8 Å². The molecule has 1 aliphatic rings. The van der Waals surface area contributed by atoms with Gasteiger partial charge in [0.15, 0.2) is 0 Å². The highest BCUT2D eigenvalue weighted by Gasteiger charge is 2.32. The second kappa shape index (κ2) is 7.66. The molecule has 1 saturated heterocycles. The van der Waals surface area contributed by atoms with Gasteiger partial charge in [0.2, 0.25) is 5.91 Å². The van der Waals surface area contributed by atoms with E-state index in [1.165, 1.54) is 5.56 Å². The number of carbonyl (C=O) groups is 1. The minimum absolute atomic E-state index is 0.218. The zero-order valence-electron chi connectivity index (χ0n) is 16.9. The van der Waals surface area contributed by atoms with Crippen LogP contribution in [0.15, 0.2) is 48.8 Å². The number of hydrogen-bond acceptors (Lipinski definition) is 3. The maximum atomic E-state index is 12.9. The van der Waals surface area contributed by atoms with Crippen LogP contribution in [0.2, 0.25) is 0 Å². The van der Waals surface area contributed by atoms with E-state index in [-0.39, 0.29) is 11.9 Å². The second-order valence-electron chi connectivity index (χ2n) is 8.02. The summed E-state index contributed by atoms with van der Waals surface area (Å²) in [6.07, 6.45) is 5.27. The first kappa shape index (κ1) is 18.5. The molecular weight excluding hydrogens is 348 g/mol. The molecule has 28 heavy (non-hydrogen) atoms. The number of benzene rings is 1. The van der Waals surface area contributed by atoms with Gasteiger partial charge in [0.25, 0.3) is 0 Å². The van der Waals surface area contributed by atoms with Gasteiger partial charge in [0.05, 0.1) is 6.42 Å². The van der Waals surface area contributed by atoms with Crippen LogP contribution in [0.3, 0.4) is 0 Å². The molecular formula is C23H28N4O. The molecule has 1 N–H and O–H groups in total. The minimum Gasteiger partial charge on any atom is -0.369 e. The summed E-state index contributed by atoms with van der Waals surface area (Å²) >= 11 is 0. The topological polar surface area (TPSA) is 52.2 Å². The Balaban J connectivity index is 1.50. The lowest BCUT2D eigenvalue weighted by Gasteiger charge is -2.42. The van der Waals surface area contributed by atoms with Crippen LogP contribution < -0.4 is 4.90 Å². The molecule has 3 aromatic rings. The zero-order chi connectivity index (χ0) is 19.7. The molecule has 1 amide bonds. The van der Waals surface area contributed by atoms with Crippen LogP contribution in [0, 0.1) is 12.8 Å². The van der Waals surface area contributed by atoms with Gasteiger partial charge in [-0.1, -0.05) is 36.8 Å². The first-order valence-electron chi connectivity index (χ1n) is 10.0. The lowest BCUT2D eigenvalue weighted by Crippen LogP contribution is -2.53. The van der Waals surface area contributed by atoms with Crippen molar-refractivity contribution in [1.29, 1.82) is 0 Å². The van der Waals surface area contributed by atoms with E-state index in [1.54, 1.807) is 0 Å². The van der Waals surface area contributed by atoms with Gasteiger partial charge in [-0.05, 0) is 37.0 Å². The Hall–Kier alpha value is -2.82. The highest BCUT2D eigenvalue weighted by molar-refractivity contribution is 5.89. The summed E-state index contributed by atoms with van der Waals surface area (Å²) in [6.45, 7) is 5.96. The lowest BCUT2D eigenvalue weighted by molar-refractivity contribution is -0.132. The fourth-order valence-electron chi connectivity index (χ4n) is 4.20. The summed E-state index contributed by atoms with van der Waals surface area (Å²) in [4.78, 5) is 24.9. The fourth-order valence-corrected chi connectivity index (χ4v) is 4.20. The number of aromatic amines is 1. The lowest BCUT2D eigenvalue weighted by atomic mass is 9.91. The van der Waals surface area contributed by atoms with E-state index < -0.39 is 0 Å². The predicted octanol–water partition coefficient (Wildman–Crippen LogP) is 3.79. The smallest absolute Gasteiger partial charge is 0.227 e.